The molecule has 0 heterocycles. The van der Waals surface area contributed by atoms with Crippen molar-refractivity contribution in [2.24, 2.45) is 5.84 Å². The van der Waals surface area contributed by atoms with Crippen molar-refractivity contribution in [2.45, 2.75) is 6.92 Å². The van der Waals surface area contributed by atoms with Crippen LogP contribution in [0.2, 0.25) is 0 Å². The van der Waals surface area contributed by atoms with Crippen LogP contribution in [-0.2, 0) is 4.79 Å². The number of hydrazine groups is 1. The molecule has 0 aliphatic rings. The van der Waals surface area contributed by atoms with Gasteiger partial charge in [-0.3, -0.25) is 10.2 Å². The number of nitrogens with one attached hydrogen (secondary N) is 1. The molecule has 9 heavy (non-hydrogen) atoms. The van der Waals surface area contributed by atoms with Gasteiger partial charge < -0.3 is 4.90 Å². The van der Waals surface area contributed by atoms with Gasteiger partial charge >= 0.3 is 0 Å². The lowest BCUT2D eigenvalue weighted by Crippen LogP contribution is -2.26. The summed E-state index contributed by atoms with van der Waals surface area (Å²) in [6.07, 6.45) is 0. The van der Waals surface area contributed by atoms with E-state index in [0.717, 1.165) is 0 Å². The van der Waals surface area contributed by atoms with Crippen LogP contribution in [0.25, 0.3) is 0 Å². The van der Waals surface area contributed by atoms with E-state index in [1.54, 1.807) is 0 Å². The predicted octanol–water partition coefficient (Wildman–Crippen LogP) is -0.826. The van der Waals surface area contributed by atoms with Crippen molar-refractivity contribution in [1.82, 2.24) is 10.3 Å². The average molecular weight is 133 g/mol. The third kappa shape index (κ3) is 111. The van der Waals surface area contributed by atoms with Crippen molar-refractivity contribution in [3.05, 3.63) is 0 Å². The van der Waals surface area contributed by atoms with Gasteiger partial charge in [0.15, 0.2) is 0 Å². The molecule has 0 aliphatic carbocycles. The molecule has 0 aromatic heterocycles. The number of carbonyl (C=O) groups is 1. The Kier molecular flexibility index (Phi) is 9.21. The summed E-state index contributed by atoms with van der Waals surface area (Å²) < 4.78 is 0. The van der Waals surface area contributed by atoms with E-state index in [1.807, 2.05) is 31.5 Å². The second-order valence-electron chi connectivity index (χ2n) is 2.04. The van der Waals surface area contributed by atoms with Gasteiger partial charge in [0.05, 0.1) is 0 Å². The molecule has 56 valence electrons. The second-order valence-corrected chi connectivity index (χ2v) is 2.04. The van der Waals surface area contributed by atoms with E-state index in [-0.39, 0.29) is 5.91 Å². The van der Waals surface area contributed by atoms with Crippen molar-refractivity contribution in [3.8, 4) is 0 Å². The fraction of sp³-hybridized carbons (Fsp3) is 0.800. The highest BCUT2D eigenvalue weighted by molar-refractivity contribution is 5.71. The van der Waals surface area contributed by atoms with Crippen LogP contribution >= 0.6 is 0 Å². The first-order valence-electron chi connectivity index (χ1n) is 2.58. The first kappa shape index (κ1) is 11.2. The maximum absolute atomic E-state index is 9.58. The standard InChI is InChI=1S/C3H9N.C2H6N2O/c1-4(2)3;1-2(5)4-3/h1-3H3;3H2,1H3,(H,4,5). The third-order valence-electron chi connectivity index (χ3n) is 0.203. The van der Waals surface area contributed by atoms with Crippen LogP contribution in [0.3, 0.4) is 0 Å². The maximum atomic E-state index is 9.58. The summed E-state index contributed by atoms with van der Waals surface area (Å²) in [6.45, 7) is 1.35. The van der Waals surface area contributed by atoms with E-state index >= 15 is 0 Å². The van der Waals surface area contributed by atoms with Gasteiger partial charge in [0.2, 0.25) is 5.91 Å². The number of rotatable bonds is 0. The Balaban J connectivity index is 0. The van der Waals surface area contributed by atoms with E-state index < -0.39 is 0 Å². The maximum Gasteiger partial charge on any atom is 0.230 e. The first-order chi connectivity index (χ1) is 4.00. The van der Waals surface area contributed by atoms with Crippen molar-refractivity contribution < 1.29 is 4.79 Å². The van der Waals surface area contributed by atoms with Crippen molar-refractivity contribution >= 4 is 5.91 Å². The van der Waals surface area contributed by atoms with Gasteiger partial charge in [-0.25, -0.2) is 5.84 Å². The second kappa shape index (κ2) is 7.39. The minimum Gasteiger partial charge on any atom is -0.312 e. The van der Waals surface area contributed by atoms with Gasteiger partial charge in [0, 0.05) is 6.92 Å². The minimum absolute atomic E-state index is 0.218. The smallest absolute Gasteiger partial charge is 0.230 e. The van der Waals surface area contributed by atoms with Crippen LogP contribution in [0.4, 0.5) is 0 Å². The molecule has 0 rings (SSSR count). The highest BCUT2D eigenvalue weighted by atomic mass is 16.2. The summed E-state index contributed by atoms with van der Waals surface area (Å²) in [5.74, 6) is 4.35. The van der Waals surface area contributed by atoms with Crippen LogP contribution in [0.5, 0.6) is 0 Å². The fourth-order valence-electron chi connectivity index (χ4n) is 0. The van der Waals surface area contributed by atoms with E-state index in [1.165, 1.54) is 6.92 Å². The Bertz CT molecular complexity index is 69.8. The Hall–Kier alpha value is -0.610. The van der Waals surface area contributed by atoms with E-state index in [2.05, 4.69) is 5.84 Å². The largest absolute Gasteiger partial charge is 0.312 e. The summed E-state index contributed by atoms with van der Waals surface area (Å²) in [5.41, 5.74) is 1.89. The minimum atomic E-state index is -0.218. The van der Waals surface area contributed by atoms with Gasteiger partial charge in [0.1, 0.15) is 0 Å². The molecule has 0 bridgehead atoms. The molecule has 0 saturated heterocycles. The monoisotopic (exact) mass is 133 g/mol. The number of nitrogens with two attached hydrogens (primary N) is 1. The molecular weight excluding hydrogens is 118 g/mol. The molecule has 0 aliphatic heterocycles. The van der Waals surface area contributed by atoms with Crippen LogP contribution in [0.1, 0.15) is 6.92 Å². The summed E-state index contributed by atoms with van der Waals surface area (Å²) in [5, 5.41) is 0. The lowest BCUT2D eigenvalue weighted by atomic mass is 10.8. The normalized spacial score (nSPS) is 7.78. The van der Waals surface area contributed by atoms with Gasteiger partial charge in [-0.2, -0.15) is 0 Å². The number of carbonyl (C=O) groups excluding carboxylic acids is 1. The number of nitrogens with zero attached hydrogens (tertiary/aromatic N) is 1. The summed E-state index contributed by atoms with van der Waals surface area (Å²) in [6, 6.07) is 0. The van der Waals surface area contributed by atoms with Gasteiger partial charge in [-0.15, -0.1) is 0 Å². The predicted molar refractivity (Wildman–Crippen MR) is 37.6 cm³/mol. The molecule has 0 aromatic rings. The Labute approximate surface area is 56.0 Å². The molecule has 0 fully saturated rings. The average Bonchev–Trinajstić information content (AvgIpc) is 1.65. The van der Waals surface area contributed by atoms with Gasteiger partial charge in [-0.05, 0) is 21.1 Å². The fourth-order valence-corrected chi connectivity index (χ4v) is 0. The molecule has 3 N–H and O–H groups in total. The van der Waals surface area contributed by atoms with Crippen LogP contribution < -0.4 is 11.3 Å². The van der Waals surface area contributed by atoms with E-state index in [0.29, 0.717) is 0 Å². The Morgan fingerprint density at radius 2 is 1.56 bits per heavy atom. The quantitative estimate of drug-likeness (QED) is 0.258. The molecule has 0 unspecified atom stereocenters. The summed E-state index contributed by atoms with van der Waals surface area (Å²) >= 11 is 0. The number of amides is 1. The molecule has 0 saturated carbocycles. The van der Waals surface area contributed by atoms with Gasteiger partial charge in [0.25, 0.3) is 0 Å². The lowest BCUT2D eigenvalue weighted by molar-refractivity contribution is -0.119. The first-order valence-corrected chi connectivity index (χ1v) is 2.58. The molecule has 0 atom stereocenters. The highest BCUT2D eigenvalue weighted by Crippen LogP contribution is 1.47. The molecule has 0 aromatic carbocycles. The summed E-state index contributed by atoms with van der Waals surface area (Å²) in [7, 11) is 6.00. The molecular formula is C5H15N3O. The Morgan fingerprint density at radius 3 is 1.56 bits per heavy atom. The SMILES string of the molecule is CC(=O)NN.CN(C)C. The Morgan fingerprint density at radius 1 is 1.44 bits per heavy atom. The number of hydrogen-bond donors (Lipinski definition) is 2. The lowest BCUT2D eigenvalue weighted by Gasteiger charge is -1.90. The number of hydrogen-bond acceptors (Lipinski definition) is 3. The van der Waals surface area contributed by atoms with E-state index in [9.17, 15) is 4.79 Å². The van der Waals surface area contributed by atoms with Crippen molar-refractivity contribution in [1.29, 1.82) is 0 Å². The van der Waals surface area contributed by atoms with Crippen molar-refractivity contribution in [3.63, 3.8) is 0 Å². The third-order valence-corrected chi connectivity index (χ3v) is 0.203. The molecule has 4 nitrogen and oxygen atoms in total. The molecule has 4 heteroatoms. The highest BCUT2D eigenvalue weighted by Gasteiger charge is 1.73. The zero-order valence-electron chi connectivity index (χ0n) is 6.43. The molecule has 0 radical (unpaired) electrons. The zero-order chi connectivity index (χ0) is 7.86. The molecule has 1 amide bonds. The molecule has 0 spiro atoms. The van der Waals surface area contributed by atoms with Gasteiger partial charge in [-0.1, -0.05) is 0 Å². The summed E-state index contributed by atoms with van der Waals surface area (Å²) in [4.78, 5) is 11.6. The zero-order valence-corrected chi connectivity index (χ0v) is 6.43. The van der Waals surface area contributed by atoms with Crippen molar-refractivity contribution in [2.75, 3.05) is 21.1 Å². The van der Waals surface area contributed by atoms with Crippen LogP contribution in [-0.4, -0.2) is 32.0 Å². The van der Waals surface area contributed by atoms with Crippen LogP contribution in [0.15, 0.2) is 0 Å². The van der Waals surface area contributed by atoms with E-state index in [4.69, 9.17) is 0 Å². The van der Waals surface area contributed by atoms with Crippen LogP contribution in [0, 0.1) is 0 Å². The topological polar surface area (TPSA) is 58.4 Å².